The van der Waals surface area contributed by atoms with Crippen molar-refractivity contribution in [1.82, 2.24) is 10.2 Å². The second kappa shape index (κ2) is 14.5. The number of benzene rings is 4. The van der Waals surface area contributed by atoms with E-state index in [2.05, 4.69) is 5.32 Å². The van der Waals surface area contributed by atoms with Gasteiger partial charge in [0.25, 0.3) is 11.8 Å². The minimum absolute atomic E-state index is 0.0306. The topological polar surface area (TPSA) is 105 Å². The first-order valence-corrected chi connectivity index (χ1v) is 13.6. The zero-order valence-corrected chi connectivity index (χ0v) is 23.7. The number of amides is 2. The molecule has 0 fully saturated rings. The van der Waals surface area contributed by atoms with Crippen molar-refractivity contribution in [2.75, 3.05) is 27.3 Å². The molecule has 4 aromatic rings. The highest BCUT2D eigenvalue weighted by atomic mass is 16.5. The van der Waals surface area contributed by atoms with E-state index in [1.165, 1.54) is 4.90 Å². The fraction of sp³-hybridized carbons (Fsp3) is 0.206. The van der Waals surface area contributed by atoms with Crippen molar-refractivity contribution in [2.45, 2.75) is 19.4 Å². The van der Waals surface area contributed by atoms with Crippen molar-refractivity contribution in [3.63, 3.8) is 0 Å². The normalized spacial score (nSPS) is 10.5. The van der Waals surface area contributed by atoms with Crippen molar-refractivity contribution in [1.29, 1.82) is 0 Å². The van der Waals surface area contributed by atoms with E-state index < -0.39 is 5.97 Å². The standard InChI is InChI=1S/C34H34N2O6/c1-41-26-20-25(21-27(22-26)42-2)16-18-36(19-17-32(37)38)34(40)31-15-9-7-13-29(31)28-12-6-8-14-30(28)33(39)35-23-24-10-4-3-5-11-24/h3-15,20-22H,16-19,23H2,1-2H3,(H,35,39)(H,37,38). The Morgan fingerprint density at radius 1 is 0.714 bits per heavy atom. The first-order chi connectivity index (χ1) is 20.4. The van der Waals surface area contributed by atoms with E-state index in [1.807, 2.05) is 60.7 Å². The smallest absolute Gasteiger partial charge is 0.305 e. The van der Waals surface area contributed by atoms with Crippen molar-refractivity contribution in [3.05, 3.63) is 119 Å². The predicted octanol–water partition coefficient (Wildman–Crippen LogP) is 5.46. The largest absolute Gasteiger partial charge is 0.497 e. The zero-order chi connectivity index (χ0) is 29.9. The van der Waals surface area contributed by atoms with Gasteiger partial charge in [-0.05, 0) is 52.9 Å². The molecule has 0 unspecified atom stereocenters. The second-order valence-electron chi connectivity index (χ2n) is 9.67. The lowest BCUT2D eigenvalue weighted by Gasteiger charge is -2.24. The van der Waals surface area contributed by atoms with E-state index in [9.17, 15) is 19.5 Å². The molecule has 8 nitrogen and oxygen atoms in total. The fourth-order valence-electron chi connectivity index (χ4n) is 4.68. The highest BCUT2D eigenvalue weighted by molar-refractivity contribution is 6.06. The van der Waals surface area contributed by atoms with Crippen LogP contribution in [0.4, 0.5) is 0 Å². The zero-order valence-electron chi connectivity index (χ0n) is 23.7. The van der Waals surface area contributed by atoms with Crippen molar-refractivity contribution < 1.29 is 29.0 Å². The number of hydrogen-bond donors (Lipinski definition) is 2. The third-order valence-corrected chi connectivity index (χ3v) is 6.88. The van der Waals surface area contributed by atoms with E-state index in [4.69, 9.17) is 9.47 Å². The summed E-state index contributed by atoms with van der Waals surface area (Å²) in [5.74, 6) is -0.322. The Bertz CT molecular complexity index is 1510. The monoisotopic (exact) mass is 566 g/mol. The molecule has 0 radical (unpaired) electrons. The third kappa shape index (κ3) is 7.75. The molecule has 0 spiro atoms. The van der Waals surface area contributed by atoms with Gasteiger partial charge in [0.2, 0.25) is 0 Å². The Kier molecular flexibility index (Phi) is 10.3. The van der Waals surface area contributed by atoms with Gasteiger partial charge in [-0.2, -0.15) is 0 Å². The first kappa shape index (κ1) is 29.9. The number of carboxylic acids is 1. The number of carbonyl (C=O) groups excluding carboxylic acids is 2. The summed E-state index contributed by atoms with van der Waals surface area (Å²) in [6.07, 6.45) is 0.257. The lowest BCUT2D eigenvalue weighted by Crippen LogP contribution is -2.35. The highest BCUT2D eigenvalue weighted by Crippen LogP contribution is 2.29. The molecule has 0 saturated carbocycles. The Morgan fingerprint density at radius 3 is 1.90 bits per heavy atom. The van der Waals surface area contributed by atoms with Crippen LogP contribution in [0.15, 0.2) is 97.1 Å². The number of ether oxygens (including phenoxy) is 2. The van der Waals surface area contributed by atoms with Crippen LogP contribution in [0.3, 0.4) is 0 Å². The summed E-state index contributed by atoms with van der Waals surface area (Å²) in [6.45, 7) is 0.672. The van der Waals surface area contributed by atoms with E-state index in [0.717, 1.165) is 11.1 Å². The number of methoxy groups -OCH3 is 2. The molecule has 0 saturated heterocycles. The molecular weight excluding hydrogens is 532 g/mol. The molecule has 8 heteroatoms. The summed E-state index contributed by atoms with van der Waals surface area (Å²) >= 11 is 0. The molecule has 0 heterocycles. The van der Waals surface area contributed by atoms with Gasteiger partial charge in [-0.25, -0.2) is 0 Å². The predicted molar refractivity (Wildman–Crippen MR) is 161 cm³/mol. The Hall–Kier alpha value is -5.11. The quantitative estimate of drug-likeness (QED) is 0.223. The number of nitrogens with one attached hydrogen (secondary N) is 1. The van der Waals surface area contributed by atoms with Gasteiger partial charge in [0.1, 0.15) is 11.5 Å². The lowest BCUT2D eigenvalue weighted by molar-refractivity contribution is -0.137. The number of aliphatic carboxylic acids is 1. The second-order valence-corrected chi connectivity index (χ2v) is 9.67. The van der Waals surface area contributed by atoms with Crippen molar-refractivity contribution >= 4 is 17.8 Å². The van der Waals surface area contributed by atoms with Crippen molar-refractivity contribution in [2.24, 2.45) is 0 Å². The highest BCUT2D eigenvalue weighted by Gasteiger charge is 2.23. The molecule has 4 rings (SSSR count). The van der Waals surface area contributed by atoms with Gasteiger partial charge in [-0.15, -0.1) is 0 Å². The molecule has 0 bridgehead atoms. The summed E-state index contributed by atoms with van der Waals surface area (Å²) in [5.41, 5.74) is 3.89. The molecule has 42 heavy (non-hydrogen) atoms. The maximum atomic E-state index is 14.0. The number of rotatable bonds is 13. The Labute approximate surface area is 245 Å². The van der Waals surface area contributed by atoms with Gasteiger partial charge >= 0.3 is 5.97 Å². The number of carboxylic acid groups (broad SMARTS) is 1. The maximum absolute atomic E-state index is 14.0. The lowest BCUT2D eigenvalue weighted by atomic mass is 9.94. The van der Waals surface area contributed by atoms with Crippen LogP contribution in [0.2, 0.25) is 0 Å². The molecule has 0 aliphatic heterocycles. The van der Waals surface area contributed by atoms with Gasteiger partial charge in [-0.3, -0.25) is 14.4 Å². The third-order valence-electron chi connectivity index (χ3n) is 6.88. The summed E-state index contributed by atoms with van der Waals surface area (Å²) in [5, 5.41) is 12.4. The van der Waals surface area contributed by atoms with Crippen LogP contribution in [0.5, 0.6) is 11.5 Å². The molecule has 216 valence electrons. The average Bonchev–Trinajstić information content (AvgIpc) is 3.03. The van der Waals surface area contributed by atoms with Crippen LogP contribution in [0.25, 0.3) is 11.1 Å². The minimum Gasteiger partial charge on any atom is -0.497 e. The van der Waals surface area contributed by atoms with Crippen LogP contribution in [-0.2, 0) is 17.8 Å². The van der Waals surface area contributed by atoms with Crippen LogP contribution < -0.4 is 14.8 Å². The van der Waals surface area contributed by atoms with Gasteiger partial charge in [-0.1, -0.05) is 66.7 Å². The summed E-state index contributed by atoms with van der Waals surface area (Å²) < 4.78 is 10.7. The Morgan fingerprint density at radius 2 is 1.29 bits per heavy atom. The molecule has 2 N–H and O–H groups in total. The summed E-state index contributed by atoms with van der Waals surface area (Å²) in [6, 6.07) is 29.4. The molecule has 0 aliphatic rings. The van der Waals surface area contributed by atoms with Crippen molar-refractivity contribution in [3.8, 4) is 22.6 Å². The van der Waals surface area contributed by atoms with E-state index in [1.54, 1.807) is 50.6 Å². The van der Waals surface area contributed by atoms with Crippen LogP contribution in [-0.4, -0.2) is 55.1 Å². The van der Waals surface area contributed by atoms with E-state index in [0.29, 0.717) is 46.7 Å². The maximum Gasteiger partial charge on any atom is 0.305 e. The Balaban J connectivity index is 1.61. The molecule has 0 aromatic heterocycles. The molecule has 0 aliphatic carbocycles. The van der Waals surface area contributed by atoms with E-state index in [-0.39, 0.29) is 31.3 Å². The van der Waals surface area contributed by atoms with Gasteiger partial charge in [0.05, 0.1) is 20.6 Å². The summed E-state index contributed by atoms with van der Waals surface area (Å²) in [4.78, 5) is 40.3. The molecule has 4 aromatic carbocycles. The number of carbonyl (C=O) groups is 3. The van der Waals surface area contributed by atoms with Gasteiger partial charge in [0.15, 0.2) is 0 Å². The minimum atomic E-state index is -0.996. The SMILES string of the molecule is COc1cc(CCN(CCC(=O)O)C(=O)c2ccccc2-c2ccccc2C(=O)NCc2ccccc2)cc(OC)c1. The average molecular weight is 567 g/mol. The number of hydrogen-bond acceptors (Lipinski definition) is 5. The van der Waals surface area contributed by atoms with Gasteiger partial charge in [0, 0.05) is 36.8 Å². The van der Waals surface area contributed by atoms with Crippen LogP contribution in [0.1, 0.15) is 38.3 Å². The van der Waals surface area contributed by atoms with E-state index >= 15 is 0 Å². The molecular formula is C34H34N2O6. The van der Waals surface area contributed by atoms with Gasteiger partial charge < -0.3 is 24.8 Å². The first-order valence-electron chi connectivity index (χ1n) is 13.6. The number of nitrogens with zero attached hydrogens (tertiary/aromatic N) is 1. The summed E-state index contributed by atoms with van der Waals surface area (Å²) in [7, 11) is 3.13. The van der Waals surface area contributed by atoms with Crippen LogP contribution in [0, 0.1) is 0 Å². The fourth-order valence-corrected chi connectivity index (χ4v) is 4.68. The molecule has 0 atom stereocenters. The van der Waals surface area contributed by atoms with Crippen LogP contribution >= 0.6 is 0 Å². The molecule has 2 amide bonds.